The van der Waals surface area contributed by atoms with Gasteiger partial charge in [-0.25, -0.2) is 0 Å². The second kappa shape index (κ2) is 14.5. The molecule has 4 rings (SSSR count). The van der Waals surface area contributed by atoms with Gasteiger partial charge in [-0.05, 0) is 79.2 Å². The van der Waals surface area contributed by atoms with Crippen LogP contribution < -0.4 is 16.0 Å². The molecule has 0 aromatic heterocycles. The van der Waals surface area contributed by atoms with E-state index in [1.165, 1.54) is 48.2 Å². The monoisotopic (exact) mass is 634 g/mol. The molecule has 3 N–H and O–H groups in total. The van der Waals surface area contributed by atoms with Gasteiger partial charge in [0.05, 0.1) is 10.2 Å². The van der Waals surface area contributed by atoms with Gasteiger partial charge in [-0.15, -0.1) is 11.8 Å². The van der Waals surface area contributed by atoms with Crippen molar-refractivity contribution < 1.29 is 19.3 Å². The zero-order valence-corrected chi connectivity index (χ0v) is 24.9. The molecule has 0 saturated carbocycles. The summed E-state index contributed by atoms with van der Waals surface area (Å²) in [4.78, 5) is 49.8. The van der Waals surface area contributed by atoms with Crippen LogP contribution in [0, 0.1) is 10.1 Å². The first-order valence-corrected chi connectivity index (χ1v) is 14.4. The third kappa shape index (κ3) is 8.92. The Labute approximate surface area is 261 Å². The Morgan fingerprint density at radius 2 is 1.49 bits per heavy atom. The number of anilines is 2. The van der Waals surface area contributed by atoms with Crippen molar-refractivity contribution in [3.8, 4) is 0 Å². The fourth-order valence-electron chi connectivity index (χ4n) is 3.70. The number of benzene rings is 4. The van der Waals surface area contributed by atoms with Crippen LogP contribution in [0.2, 0.25) is 10.0 Å². The van der Waals surface area contributed by atoms with Crippen LogP contribution in [-0.2, 0) is 9.59 Å². The summed E-state index contributed by atoms with van der Waals surface area (Å²) in [5, 5.41) is 19.2. The van der Waals surface area contributed by atoms with Crippen LogP contribution in [0.5, 0.6) is 0 Å². The molecule has 12 heteroatoms. The first kappa shape index (κ1) is 31.3. The maximum absolute atomic E-state index is 13.3. The summed E-state index contributed by atoms with van der Waals surface area (Å²) in [6, 6.07) is 25.7. The van der Waals surface area contributed by atoms with Crippen LogP contribution in [0.25, 0.3) is 6.08 Å². The molecule has 0 fully saturated rings. The van der Waals surface area contributed by atoms with Crippen molar-refractivity contribution in [1.82, 2.24) is 5.32 Å². The standard InChI is InChI=1S/C31H24Cl2N4O5S/c1-19(29(38)34-23-9-13-25(14-10-23)37(41)42)43-26-15-11-24(12-16-26)35-31(40)28(17-21-7-8-22(32)18-27(21)33)36-30(39)20-5-3-2-4-6-20/h2-19H,1H3,(H,34,38)(H,35,40)(H,36,39)/b28-17-. The first-order valence-electron chi connectivity index (χ1n) is 12.8. The molecule has 3 amide bonds. The van der Waals surface area contributed by atoms with Crippen LogP contribution in [0.3, 0.4) is 0 Å². The lowest BCUT2D eigenvalue weighted by Crippen LogP contribution is -2.30. The molecule has 0 bridgehead atoms. The Morgan fingerprint density at radius 1 is 0.860 bits per heavy atom. The average Bonchev–Trinajstić information content (AvgIpc) is 2.99. The molecular weight excluding hydrogens is 611 g/mol. The number of nitrogens with one attached hydrogen (secondary N) is 3. The highest BCUT2D eigenvalue weighted by atomic mass is 35.5. The van der Waals surface area contributed by atoms with Crippen molar-refractivity contribution in [2.45, 2.75) is 17.1 Å². The predicted octanol–water partition coefficient (Wildman–Crippen LogP) is 7.43. The zero-order valence-electron chi connectivity index (χ0n) is 22.5. The quantitative estimate of drug-likeness (QED) is 0.0719. The van der Waals surface area contributed by atoms with E-state index in [-0.39, 0.29) is 17.3 Å². The van der Waals surface area contributed by atoms with E-state index in [1.807, 2.05) is 0 Å². The van der Waals surface area contributed by atoms with E-state index in [0.717, 1.165) is 4.90 Å². The van der Waals surface area contributed by atoms with Gasteiger partial charge >= 0.3 is 0 Å². The van der Waals surface area contributed by atoms with Crippen LogP contribution in [-0.4, -0.2) is 27.9 Å². The lowest BCUT2D eigenvalue weighted by Gasteiger charge is -2.14. The van der Waals surface area contributed by atoms with Gasteiger partial charge in [-0.2, -0.15) is 0 Å². The number of nitro groups is 1. The van der Waals surface area contributed by atoms with Crippen molar-refractivity contribution >= 4 is 75.8 Å². The molecule has 0 aliphatic carbocycles. The zero-order chi connectivity index (χ0) is 30.9. The van der Waals surface area contributed by atoms with Gasteiger partial charge in [0, 0.05) is 44.0 Å². The Morgan fingerprint density at radius 3 is 2.12 bits per heavy atom. The highest BCUT2D eigenvalue weighted by Crippen LogP contribution is 2.27. The van der Waals surface area contributed by atoms with Crippen LogP contribution >= 0.6 is 35.0 Å². The molecule has 0 radical (unpaired) electrons. The smallest absolute Gasteiger partial charge is 0.272 e. The van der Waals surface area contributed by atoms with E-state index in [2.05, 4.69) is 16.0 Å². The van der Waals surface area contributed by atoms with Gasteiger partial charge in [0.2, 0.25) is 5.91 Å². The number of hydrogen-bond acceptors (Lipinski definition) is 6. The minimum atomic E-state index is -0.577. The van der Waals surface area contributed by atoms with Crippen molar-refractivity contribution in [2.75, 3.05) is 10.6 Å². The lowest BCUT2D eigenvalue weighted by atomic mass is 10.1. The normalized spacial score (nSPS) is 11.7. The van der Waals surface area contributed by atoms with E-state index in [9.17, 15) is 24.5 Å². The molecule has 0 aliphatic heterocycles. The summed E-state index contributed by atoms with van der Waals surface area (Å²) < 4.78 is 0. The van der Waals surface area contributed by atoms with Gasteiger partial charge in [0.15, 0.2) is 0 Å². The summed E-state index contributed by atoms with van der Waals surface area (Å²) in [6.45, 7) is 1.73. The van der Waals surface area contributed by atoms with Crippen molar-refractivity contribution in [1.29, 1.82) is 0 Å². The summed E-state index contributed by atoms with van der Waals surface area (Å²) in [7, 11) is 0. The van der Waals surface area contributed by atoms with E-state index >= 15 is 0 Å². The molecule has 0 spiro atoms. The van der Waals surface area contributed by atoms with Crippen molar-refractivity contribution in [3.05, 3.63) is 134 Å². The number of carbonyl (C=O) groups is 3. The van der Waals surface area contributed by atoms with Gasteiger partial charge in [-0.3, -0.25) is 24.5 Å². The molecule has 1 unspecified atom stereocenters. The Kier molecular flexibility index (Phi) is 10.6. The number of thioether (sulfide) groups is 1. The predicted molar refractivity (Wildman–Crippen MR) is 170 cm³/mol. The van der Waals surface area contributed by atoms with E-state index in [1.54, 1.807) is 73.7 Å². The third-order valence-corrected chi connectivity index (χ3v) is 7.61. The Balaban J connectivity index is 1.43. The summed E-state index contributed by atoms with van der Waals surface area (Å²) in [5.74, 6) is -1.33. The van der Waals surface area contributed by atoms with E-state index in [0.29, 0.717) is 32.5 Å². The number of nitro benzene ring substituents is 1. The fraction of sp³-hybridized carbons (Fsp3) is 0.0645. The van der Waals surface area contributed by atoms with Gasteiger partial charge in [0.25, 0.3) is 17.5 Å². The maximum atomic E-state index is 13.3. The third-order valence-electron chi connectivity index (χ3n) is 5.93. The number of amides is 3. The average molecular weight is 636 g/mol. The molecule has 0 saturated heterocycles. The summed E-state index contributed by atoms with van der Waals surface area (Å²) >= 11 is 13.6. The molecule has 4 aromatic carbocycles. The number of hydrogen-bond donors (Lipinski definition) is 3. The largest absolute Gasteiger partial charge is 0.325 e. The molecule has 0 heterocycles. The minimum Gasteiger partial charge on any atom is -0.325 e. The summed E-state index contributed by atoms with van der Waals surface area (Å²) in [6.07, 6.45) is 1.46. The second-order valence-corrected chi connectivity index (χ2v) is 11.3. The Hall–Kier alpha value is -4.64. The van der Waals surface area contributed by atoms with Crippen molar-refractivity contribution in [2.24, 2.45) is 0 Å². The number of nitrogens with zero attached hydrogens (tertiary/aromatic N) is 1. The molecule has 1 atom stereocenters. The van der Waals surface area contributed by atoms with Crippen LogP contribution in [0.15, 0.2) is 108 Å². The molecular formula is C31H24Cl2N4O5S. The second-order valence-electron chi connectivity index (χ2n) is 9.08. The SMILES string of the molecule is CC(Sc1ccc(NC(=O)/C(=C/c2ccc(Cl)cc2Cl)NC(=O)c2ccccc2)cc1)C(=O)Nc1ccc([N+](=O)[O-])cc1. The molecule has 218 valence electrons. The van der Waals surface area contributed by atoms with Crippen molar-refractivity contribution in [3.63, 3.8) is 0 Å². The molecule has 43 heavy (non-hydrogen) atoms. The maximum Gasteiger partial charge on any atom is 0.272 e. The number of halogens is 2. The lowest BCUT2D eigenvalue weighted by molar-refractivity contribution is -0.384. The van der Waals surface area contributed by atoms with Gasteiger partial charge in [-0.1, -0.05) is 47.5 Å². The first-order chi connectivity index (χ1) is 20.6. The van der Waals surface area contributed by atoms with E-state index in [4.69, 9.17) is 23.2 Å². The molecule has 0 aliphatic rings. The summed E-state index contributed by atoms with van der Waals surface area (Å²) in [5.41, 5.74) is 1.66. The van der Waals surface area contributed by atoms with Gasteiger partial charge < -0.3 is 16.0 Å². The molecule has 9 nitrogen and oxygen atoms in total. The van der Waals surface area contributed by atoms with E-state index < -0.39 is 22.0 Å². The molecule has 4 aromatic rings. The highest BCUT2D eigenvalue weighted by Gasteiger charge is 2.18. The minimum absolute atomic E-state index is 0.0342. The highest BCUT2D eigenvalue weighted by molar-refractivity contribution is 8.00. The number of carbonyl (C=O) groups excluding carboxylic acids is 3. The van der Waals surface area contributed by atoms with Crippen LogP contribution in [0.4, 0.5) is 17.1 Å². The fourth-order valence-corrected chi connectivity index (χ4v) is 5.03. The van der Waals surface area contributed by atoms with Crippen LogP contribution in [0.1, 0.15) is 22.8 Å². The number of rotatable bonds is 10. The van der Waals surface area contributed by atoms with Gasteiger partial charge in [0.1, 0.15) is 5.70 Å². The topological polar surface area (TPSA) is 130 Å². The Bertz CT molecular complexity index is 1680. The number of non-ortho nitro benzene ring substituents is 1.